The highest BCUT2D eigenvalue weighted by atomic mass is 31.2. The topological polar surface area (TPSA) is 213 Å². The zero-order valence-corrected chi connectivity index (χ0v) is 33.5. The molecule has 3 aromatic rings. The number of phosphoric acid groups is 1. The fraction of sp³-hybridized carbons (Fsp3) is 0.667. The van der Waals surface area contributed by atoms with Crippen LogP contribution in [0.25, 0.3) is 5.52 Å². The number of rotatable bonds is 28. The number of nitrogens with zero attached hydrogens (tertiary/aromatic N) is 4. The lowest BCUT2D eigenvalue weighted by atomic mass is 9.92. The second-order valence-corrected chi connectivity index (χ2v) is 15.7. The molecule has 4 rings (SSSR count). The summed E-state index contributed by atoms with van der Waals surface area (Å²) in [5.41, 5.74) is 4.76. The van der Waals surface area contributed by atoms with Crippen LogP contribution in [0.15, 0.2) is 36.7 Å². The van der Waals surface area contributed by atoms with Gasteiger partial charge in [-0.1, -0.05) is 83.6 Å². The van der Waals surface area contributed by atoms with Crippen LogP contribution in [0.2, 0.25) is 0 Å². The molecule has 1 aliphatic rings. The number of nitrogens with two attached hydrogens (primary N) is 1. The number of phosphoric ester groups is 1. The lowest BCUT2D eigenvalue weighted by Crippen LogP contribution is -2.41. The maximum absolute atomic E-state index is 14.3. The first-order chi connectivity index (χ1) is 27.0. The van der Waals surface area contributed by atoms with Gasteiger partial charge < -0.3 is 39.8 Å². The maximum atomic E-state index is 14.3. The summed E-state index contributed by atoms with van der Waals surface area (Å²) >= 11 is 0. The molecule has 15 nitrogen and oxygen atoms in total. The average molecular weight is 808 g/mol. The number of fused-ring (bicyclic) bond motifs is 1. The maximum Gasteiger partial charge on any atom is 0.472 e. The number of aliphatic hydroxyl groups is 2. The van der Waals surface area contributed by atoms with Gasteiger partial charge in [-0.15, -0.1) is 0 Å². The van der Waals surface area contributed by atoms with Crippen LogP contribution in [0.3, 0.4) is 0 Å². The van der Waals surface area contributed by atoms with E-state index in [1.165, 1.54) is 68.0 Å². The number of hydrogen-bond donors (Lipinski definition) is 4. The molecule has 0 amide bonds. The Morgan fingerprint density at radius 1 is 1.02 bits per heavy atom. The minimum Gasteiger partial charge on any atom is -0.494 e. The van der Waals surface area contributed by atoms with Gasteiger partial charge in [0.25, 0.3) is 0 Å². The van der Waals surface area contributed by atoms with Crippen molar-refractivity contribution < 1.29 is 52.1 Å². The van der Waals surface area contributed by atoms with Gasteiger partial charge in [-0.25, -0.2) is 18.5 Å². The molecule has 312 valence electrons. The Hall–Kier alpha value is -3.23. The Kier molecular flexibility index (Phi) is 18.9. The molecule has 0 bridgehead atoms. The molecule has 6 atom stereocenters. The molecule has 2 aromatic heterocycles. The van der Waals surface area contributed by atoms with E-state index < -0.39 is 50.3 Å². The van der Waals surface area contributed by atoms with E-state index in [1.807, 2.05) is 6.07 Å². The van der Waals surface area contributed by atoms with Crippen LogP contribution in [0.5, 0.6) is 5.75 Å². The lowest BCUT2D eigenvalue weighted by molar-refractivity contribution is -0.0658. The van der Waals surface area contributed by atoms with Gasteiger partial charge in [0.2, 0.25) is 5.60 Å². The Balaban J connectivity index is 1.23. The van der Waals surface area contributed by atoms with E-state index in [-0.39, 0.29) is 30.5 Å². The summed E-state index contributed by atoms with van der Waals surface area (Å²) in [5.74, 6) is -0.317. The van der Waals surface area contributed by atoms with Crippen molar-refractivity contribution in [2.45, 2.75) is 133 Å². The van der Waals surface area contributed by atoms with Crippen LogP contribution in [0.1, 0.15) is 108 Å². The second-order valence-electron chi connectivity index (χ2n) is 14.2. The van der Waals surface area contributed by atoms with Gasteiger partial charge in [0, 0.05) is 13.2 Å². The molecular formula is C39H59FN5O10P. The van der Waals surface area contributed by atoms with E-state index >= 15 is 0 Å². The third kappa shape index (κ3) is 13.2. The molecule has 1 saturated heterocycles. The Morgan fingerprint density at radius 3 is 2.36 bits per heavy atom. The van der Waals surface area contributed by atoms with Gasteiger partial charge in [-0.2, -0.15) is 10.4 Å². The molecule has 1 fully saturated rings. The van der Waals surface area contributed by atoms with Gasteiger partial charge in [0.15, 0.2) is 17.4 Å². The smallest absolute Gasteiger partial charge is 0.472 e. The predicted molar refractivity (Wildman–Crippen MR) is 206 cm³/mol. The highest BCUT2D eigenvalue weighted by molar-refractivity contribution is 7.47. The zero-order valence-electron chi connectivity index (χ0n) is 32.6. The van der Waals surface area contributed by atoms with Gasteiger partial charge in [0.1, 0.15) is 36.2 Å². The molecule has 17 heteroatoms. The molecule has 56 heavy (non-hydrogen) atoms. The fourth-order valence-electron chi connectivity index (χ4n) is 6.71. The average Bonchev–Trinajstić information content (AvgIpc) is 3.74. The first-order valence-corrected chi connectivity index (χ1v) is 21.2. The summed E-state index contributed by atoms with van der Waals surface area (Å²) in [6.45, 7) is 2.88. The van der Waals surface area contributed by atoms with E-state index in [0.29, 0.717) is 17.5 Å². The van der Waals surface area contributed by atoms with Crippen LogP contribution in [-0.4, -0.2) is 87.7 Å². The summed E-state index contributed by atoms with van der Waals surface area (Å²) in [6, 6.07) is 9.36. The van der Waals surface area contributed by atoms with E-state index in [9.17, 15) is 29.3 Å². The molecule has 0 radical (unpaired) electrons. The fourth-order valence-corrected chi connectivity index (χ4v) is 7.47. The number of hydrogen-bond acceptors (Lipinski definition) is 13. The van der Waals surface area contributed by atoms with E-state index in [4.69, 9.17) is 33.7 Å². The van der Waals surface area contributed by atoms with Crippen LogP contribution < -0.4 is 10.5 Å². The quantitative estimate of drug-likeness (QED) is 0.0455. The third-order valence-corrected chi connectivity index (χ3v) is 10.9. The molecule has 0 saturated carbocycles. The van der Waals surface area contributed by atoms with Crippen LogP contribution in [0, 0.1) is 17.1 Å². The number of methoxy groups -OCH3 is 1. The third-order valence-electron chi connectivity index (χ3n) is 9.97. The lowest BCUT2D eigenvalue weighted by Gasteiger charge is -2.24. The summed E-state index contributed by atoms with van der Waals surface area (Å²) in [7, 11) is -3.38. The van der Waals surface area contributed by atoms with Gasteiger partial charge in [-0.05, 0) is 49.1 Å². The van der Waals surface area contributed by atoms with Gasteiger partial charge in [0.05, 0.1) is 38.7 Å². The molecule has 1 aromatic carbocycles. The van der Waals surface area contributed by atoms with E-state index in [1.54, 1.807) is 6.07 Å². The zero-order chi connectivity index (χ0) is 40.4. The largest absolute Gasteiger partial charge is 0.494 e. The molecule has 0 spiro atoms. The number of anilines is 1. The summed E-state index contributed by atoms with van der Waals surface area (Å²) in [4.78, 5) is 14.5. The number of benzene rings is 1. The van der Waals surface area contributed by atoms with Crippen molar-refractivity contribution >= 4 is 19.2 Å². The number of unbranched alkanes of at least 4 members (excludes halogenated alkanes) is 11. The molecule has 5 N–H and O–H groups in total. The van der Waals surface area contributed by atoms with Crippen LogP contribution >= 0.6 is 7.82 Å². The Bertz CT molecular complexity index is 1710. The van der Waals surface area contributed by atoms with Gasteiger partial charge >= 0.3 is 7.82 Å². The number of aromatic nitrogens is 3. The summed E-state index contributed by atoms with van der Waals surface area (Å²) in [6.07, 6.45) is 10.8. The normalized spacial score (nSPS) is 21.3. The van der Waals surface area contributed by atoms with E-state index in [2.05, 4.69) is 17.0 Å². The second kappa shape index (κ2) is 23.2. The molecule has 2 unspecified atom stereocenters. The van der Waals surface area contributed by atoms with Crippen LogP contribution in [0.4, 0.5) is 10.2 Å². The van der Waals surface area contributed by atoms with E-state index in [0.717, 1.165) is 70.9 Å². The molecular weight excluding hydrogens is 748 g/mol. The number of aliphatic hydroxyl groups excluding tert-OH is 2. The van der Waals surface area contributed by atoms with Crippen molar-refractivity contribution in [2.24, 2.45) is 0 Å². The first kappa shape index (κ1) is 45.5. The number of nitriles is 1. The summed E-state index contributed by atoms with van der Waals surface area (Å²) < 4.78 is 61.7. The van der Waals surface area contributed by atoms with Crippen molar-refractivity contribution in [1.82, 2.24) is 14.6 Å². The summed E-state index contributed by atoms with van der Waals surface area (Å²) in [5, 5.41) is 36.0. The van der Waals surface area contributed by atoms with Crippen molar-refractivity contribution in [3.63, 3.8) is 0 Å². The first-order valence-electron chi connectivity index (χ1n) is 19.7. The SMILES string of the molecule is CCCCCCCCOCCCCCCCCC[C@H](COP(=O)(O)OC[C@H]1O[C@@](C#N)(c2ccc3c(N)ncnn23)[C@@H](O)C1O)OCc1ccc(OC)c(F)c1. The monoisotopic (exact) mass is 807 g/mol. The van der Waals surface area contributed by atoms with Crippen molar-refractivity contribution in [2.75, 3.05) is 39.3 Å². The molecule has 0 aliphatic carbocycles. The molecule has 3 heterocycles. The number of halogens is 1. The number of ether oxygens (including phenoxy) is 4. The Labute approximate surface area is 328 Å². The number of nitrogen functional groups attached to an aromatic ring is 1. The van der Waals surface area contributed by atoms with Crippen LogP contribution in [-0.2, 0) is 40.0 Å². The highest BCUT2D eigenvalue weighted by Gasteiger charge is 2.58. The van der Waals surface area contributed by atoms with Crippen molar-refractivity contribution in [3.8, 4) is 11.8 Å². The molecule has 1 aliphatic heterocycles. The predicted octanol–water partition coefficient (Wildman–Crippen LogP) is 6.52. The van der Waals surface area contributed by atoms with Gasteiger partial charge in [-0.3, -0.25) is 9.05 Å². The highest BCUT2D eigenvalue weighted by Crippen LogP contribution is 2.46. The Morgan fingerprint density at radius 2 is 1.70 bits per heavy atom. The van der Waals surface area contributed by atoms with Crippen molar-refractivity contribution in [1.29, 1.82) is 5.26 Å². The van der Waals surface area contributed by atoms with Crippen molar-refractivity contribution in [3.05, 3.63) is 53.7 Å². The minimum absolute atomic E-state index is 0.0215. The standard InChI is InChI=1S/C39H59FN5O10P/c1-3-4-5-6-11-14-21-51-22-15-12-9-7-8-10-13-16-30(52-24-29-17-19-33(50-2)31(40)23-29)25-53-56(48,49)54-26-34-36(46)37(47)39(27-41,55-34)35-20-18-32-38(42)43-28-44-45(32)35/h17-20,23,28,30,34,36-37,46-47H,3-16,21-22,24-26H2,1-2H3,(H,48,49)(H2,42,43,44)/t30-,34-,36?,37+,39+/m1/s1. The minimum atomic E-state index is -4.76.